The lowest BCUT2D eigenvalue weighted by Crippen LogP contribution is -2.33. The molecule has 0 bridgehead atoms. The van der Waals surface area contributed by atoms with Gasteiger partial charge < -0.3 is 14.5 Å². The van der Waals surface area contributed by atoms with Crippen LogP contribution in [0.1, 0.15) is 32.2 Å². The molecule has 1 aromatic carbocycles. The van der Waals surface area contributed by atoms with Gasteiger partial charge in [0, 0.05) is 29.3 Å². The standard InChI is InChI=1S/C16H19ClFN3O3S/c1-16(2,3)24-14(22)19-8-7-13-20-21-15(23-13)25-9-10-11(17)5-4-6-12(10)18/h4-6H,7-9H2,1-3H3,(H,19,22). The number of rotatable bonds is 6. The zero-order valence-corrected chi connectivity index (χ0v) is 15.7. The summed E-state index contributed by atoms with van der Waals surface area (Å²) in [5.74, 6) is 0.281. The maximum Gasteiger partial charge on any atom is 0.407 e. The van der Waals surface area contributed by atoms with Gasteiger partial charge in [-0.2, -0.15) is 0 Å². The number of aromatic nitrogens is 2. The molecule has 2 aromatic rings. The van der Waals surface area contributed by atoms with Gasteiger partial charge in [-0.25, -0.2) is 9.18 Å². The van der Waals surface area contributed by atoms with E-state index in [4.69, 9.17) is 20.8 Å². The van der Waals surface area contributed by atoms with Gasteiger partial charge >= 0.3 is 6.09 Å². The topological polar surface area (TPSA) is 77.2 Å². The highest BCUT2D eigenvalue weighted by atomic mass is 35.5. The fourth-order valence-electron chi connectivity index (χ4n) is 1.79. The van der Waals surface area contributed by atoms with Crippen LogP contribution in [0.3, 0.4) is 0 Å². The van der Waals surface area contributed by atoms with Crippen molar-refractivity contribution >= 4 is 29.5 Å². The van der Waals surface area contributed by atoms with Crippen molar-refractivity contribution in [2.45, 2.75) is 43.8 Å². The first-order valence-electron chi connectivity index (χ1n) is 7.59. The molecule has 0 saturated heterocycles. The maximum absolute atomic E-state index is 13.7. The molecule has 0 saturated carbocycles. The Hall–Kier alpha value is -1.80. The third-order valence-corrected chi connectivity index (χ3v) is 4.06. The predicted molar refractivity (Wildman–Crippen MR) is 93.2 cm³/mol. The van der Waals surface area contributed by atoms with Gasteiger partial charge in [0.1, 0.15) is 11.4 Å². The molecule has 0 spiro atoms. The fourth-order valence-corrected chi connectivity index (χ4v) is 2.91. The van der Waals surface area contributed by atoms with E-state index in [1.54, 1.807) is 32.9 Å². The van der Waals surface area contributed by atoms with Crippen molar-refractivity contribution in [2.75, 3.05) is 6.54 Å². The van der Waals surface area contributed by atoms with E-state index in [0.717, 1.165) is 0 Å². The number of hydrogen-bond donors (Lipinski definition) is 1. The van der Waals surface area contributed by atoms with Gasteiger partial charge in [-0.1, -0.05) is 29.4 Å². The third kappa shape index (κ3) is 6.55. The molecule has 0 aliphatic rings. The van der Waals surface area contributed by atoms with Crippen LogP contribution in [0.25, 0.3) is 0 Å². The van der Waals surface area contributed by atoms with Crippen molar-refractivity contribution in [1.29, 1.82) is 0 Å². The number of ether oxygens (including phenoxy) is 1. The van der Waals surface area contributed by atoms with Gasteiger partial charge in [0.25, 0.3) is 5.22 Å². The molecule has 1 heterocycles. The Kier molecular flexibility index (Phi) is 6.66. The lowest BCUT2D eigenvalue weighted by atomic mass is 10.2. The van der Waals surface area contributed by atoms with Gasteiger partial charge in [-0.05, 0) is 32.9 Å². The highest BCUT2D eigenvalue weighted by molar-refractivity contribution is 7.98. The van der Waals surface area contributed by atoms with Crippen molar-refractivity contribution in [3.05, 3.63) is 40.5 Å². The number of alkyl carbamates (subject to hydrolysis) is 1. The molecule has 0 atom stereocenters. The first-order chi connectivity index (χ1) is 11.7. The molecule has 1 aromatic heterocycles. The second kappa shape index (κ2) is 8.53. The maximum atomic E-state index is 13.7. The van der Waals surface area contributed by atoms with Crippen LogP contribution in [0.4, 0.5) is 9.18 Å². The second-order valence-corrected chi connectivity index (χ2v) is 7.46. The molecule has 0 aliphatic heterocycles. The van der Waals surface area contributed by atoms with Crippen LogP contribution < -0.4 is 5.32 Å². The number of nitrogens with zero attached hydrogens (tertiary/aromatic N) is 2. The lowest BCUT2D eigenvalue weighted by Gasteiger charge is -2.19. The molecular formula is C16H19ClFN3O3S. The van der Waals surface area contributed by atoms with Gasteiger partial charge in [0.15, 0.2) is 0 Å². The van der Waals surface area contributed by atoms with Crippen molar-refractivity contribution < 1.29 is 18.3 Å². The summed E-state index contributed by atoms with van der Waals surface area (Å²) in [4.78, 5) is 11.5. The minimum atomic E-state index is -0.549. The summed E-state index contributed by atoms with van der Waals surface area (Å²) < 4.78 is 24.3. The SMILES string of the molecule is CC(C)(C)OC(=O)NCCc1nnc(SCc2c(F)cccc2Cl)o1. The average Bonchev–Trinajstić information content (AvgIpc) is 2.93. The van der Waals surface area contributed by atoms with E-state index in [-0.39, 0.29) is 11.6 Å². The minimum absolute atomic E-state index is 0.281. The van der Waals surface area contributed by atoms with Crippen molar-refractivity contribution in [3.8, 4) is 0 Å². The van der Waals surface area contributed by atoms with Gasteiger partial charge in [-0.3, -0.25) is 0 Å². The van der Waals surface area contributed by atoms with E-state index in [9.17, 15) is 9.18 Å². The second-order valence-electron chi connectivity index (χ2n) is 6.13. The molecular weight excluding hydrogens is 369 g/mol. The molecule has 136 valence electrons. The van der Waals surface area contributed by atoms with Gasteiger partial charge in [0.2, 0.25) is 5.89 Å². The number of carbonyl (C=O) groups excluding carboxylic acids is 1. The first kappa shape index (κ1) is 19.5. The number of hydrogen-bond acceptors (Lipinski definition) is 6. The summed E-state index contributed by atoms with van der Waals surface area (Å²) >= 11 is 7.17. The summed E-state index contributed by atoms with van der Waals surface area (Å²) in [5, 5.41) is 11.0. The highest BCUT2D eigenvalue weighted by Crippen LogP contribution is 2.27. The largest absolute Gasteiger partial charge is 0.444 e. The Morgan fingerprint density at radius 2 is 2.16 bits per heavy atom. The van der Waals surface area contributed by atoms with E-state index in [1.165, 1.54) is 17.8 Å². The molecule has 1 N–H and O–H groups in total. The normalized spacial score (nSPS) is 11.4. The molecule has 2 rings (SSSR count). The predicted octanol–water partition coefficient (Wildman–Crippen LogP) is 4.22. The number of carbonyl (C=O) groups is 1. The van der Waals surface area contributed by atoms with Crippen LogP contribution in [0.5, 0.6) is 0 Å². The zero-order valence-electron chi connectivity index (χ0n) is 14.1. The average molecular weight is 388 g/mol. The van der Waals surface area contributed by atoms with Crippen molar-refractivity contribution in [1.82, 2.24) is 15.5 Å². The Balaban J connectivity index is 1.79. The Labute approximate surface area is 154 Å². The Morgan fingerprint density at radius 1 is 1.40 bits per heavy atom. The highest BCUT2D eigenvalue weighted by Gasteiger charge is 2.16. The summed E-state index contributed by atoms with van der Waals surface area (Å²) in [6, 6.07) is 4.53. The summed E-state index contributed by atoms with van der Waals surface area (Å²) in [5.41, 5.74) is -0.160. The number of nitrogens with one attached hydrogen (secondary N) is 1. The van der Waals surface area contributed by atoms with E-state index in [1.807, 2.05) is 0 Å². The van der Waals surface area contributed by atoms with Crippen LogP contribution in [0, 0.1) is 5.82 Å². The zero-order chi connectivity index (χ0) is 18.4. The molecule has 9 heteroatoms. The molecule has 0 unspecified atom stereocenters. The van der Waals surface area contributed by atoms with E-state index in [0.29, 0.717) is 34.7 Å². The molecule has 6 nitrogen and oxygen atoms in total. The van der Waals surface area contributed by atoms with E-state index < -0.39 is 11.7 Å². The summed E-state index contributed by atoms with van der Waals surface area (Å²) in [7, 11) is 0. The fraction of sp³-hybridized carbons (Fsp3) is 0.438. The van der Waals surface area contributed by atoms with Crippen molar-refractivity contribution in [2.24, 2.45) is 0 Å². The summed E-state index contributed by atoms with van der Waals surface area (Å²) in [6.07, 6.45) is -0.136. The smallest absolute Gasteiger partial charge is 0.407 e. The van der Waals surface area contributed by atoms with Crippen LogP contribution in [-0.2, 0) is 16.9 Å². The Bertz CT molecular complexity index is 713. The number of amides is 1. The quantitative estimate of drug-likeness (QED) is 0.747. The number of halogens is 2. The molecule has 0 fully saturated rings. The number of thioether (sulfide) groups is 1. The molecule has 0 aliphatic carbocycles. The molecule has 1 amide bonds. The molecule has 25 heavy (non-hydrogen) atoms. The molecule has 0 radical (unpaired) electrons. The van der Waals surface area contributed by atoms with Crippen LogP contribution in [0.15, 0.2) is 27.8 Å². The Morgan fingerprint density at radius 3 is 2.84 bits per heavy atom. The van der Waals surface area contributed by atoms with Crippen LogP contribution in [-0.4, -0.2) is 28.4 Å². The third-order valence-electron chi connectivity index (χ3n) is 2.86. The van der Waals surface area contributed by atoms with Gasteiger partial charge in [-0.15, -0.1) is 10.2 Å². The minimum Gasteiger partial charge on any atom is -0.444 e. The monoisotopic (exact) mass is 387 g/mol. The lowest BCUT2D eigenvalue weighted by molar-refractivity contribution is 0.0528. The van der Waals surface area contributed by atoms with Crippen molar-refractivity contribution in [3.63, 3.8) is 0 Å². The number of benzene rings is 1. The van der Waals surface area contributed by atoms with Crippen LogP contribution >= 0.6 is 23.4 Å². The van der Waals surface area contributed by atoms with Crippen LogP contribution in [0.2, 0.25) is 5.02 Å². The van der Waals surface area contributed by atoms with Gasteiger partial charge in [0.05, 0.1) is 0 Å². The van der Waals surface area contributed by atoms with E-state index >= 15 is 0 Å². The van der Waals surface area contributed by atoms with E-state index in [2.05, 4.69) is 15.5 Å². The first-order valence-corrected chi connectivity index (χ1v) is 8.96. The summed E-state index contributed by atoms with van der Waals surface area (Å²) in [6.45, 7) is 5.67.